The number of hydrogen-bond acceptors (Lipinski definition) is 5. The van der Waals surface area contributed by atoms with Crippen LogP contribution in [0.3, 0.4) is 0 Å². The maximum atomic E-state index is 13.1. The summed E-state index contributed by atoms with van der Waals surface area (Å²) in [7, 11) is 0. The van der Waals surface area contributed by atoms with Gasteiger partial charge in [0, 0.05) is 29.7 Å². The molecule has 150 valence electrons. The Hall–Kier alpha value is -3.23. The molecule has 0 aliphatic carbocycles. The van der Waals surface area contributed by atoms with Crippen LogP contribution >= 0.6 is 24.0 Å². The van der Waals surface area contributed by atoms with Crippen LogP contribution in [0, 0.1) is 24.0 Å². The molecular formula is C22H17N3O3S2. The first-order valence-electron chi connectivity index (χ1n) is 9.12. The lowest BCUT2D eigenvalue weighted by atomic mass is 10.1. The van der Waals surface area contributed by atoms with Crippen molar-refractivity contribution in [1.29, 1.82) is 0 Å². The number of rotatable bonds is 4. The van der Waals surface area contributed by atoms with Crippen molar-refractivity contribution in [3.8, 4) is 5.69 Å². The van der Waals surface area contributed by atoms with Gasteiger partial charge in [-0.1, -0.05) is 41.7 Å². The van der Waals surface area contributed by atoms with E-state index in [0.29, 0.717) is 9.23 Å². The lowest BCUT2D eigenvalue weighted by molar-refractivity contribution is -0.384. The number of nitrogens with zero attached hydrogens (tertiary/aromatic N) is 3. The largest absolute Gasteiger partial charge is 0.317 e. The minimum absolute atomic E-state index is 0.0294. The molecule has 3 aromatic rings. The summed E-state index contributed by atoms with van der Waals surface area (Å²) in [6.45, 7) is 3.97. The van der Waals surface area contributed by atoms with E-state index in [4.69, 9.17) is 12.2 Å². The lowest BCUT2D eigenvalue weighted by Gasteiger charge is -2.17. The SMILES string of the molecule is Cc1ccc(N2C(=O)/C(=C\c3cccn3-c3ccc([N+](=O)[O-])cc3)SC2=S)c(C)c1. The summed E-state index contributed by atoms with van der Waals surface area (Å²) >= 11 is 6.75. The van der Waals surface area contributed by atoms with Gasteiger partial charge in [0.15, 0.2) is 4.32 Å². The van der Waals surface area contributed by atoms with Gasteiger partial charge in [0.2, 0.25) is 0 Å². The number of thioether (sulfide) groups is 1. The number of hydrogen-bond donors (Lipinski definition) is 0. The predicted molar refractivity (Wildman–Crippen MR) is 124 cm³/mol. The molecule has 6 nitrogen and oxygen atoms in total. The smallest absolute Gasteiger partial charge is 0.270 e. The first-order chi connectivity index (χ1) is 14.3. The topological polar surface area (TPSA) is 68.4 Å². The number of carbonyl (C=O) groups is 1. The molecule has 0 saturated carbocycles. The standard InChI is InChI=1S/C22H17N3O3S2/c1-14-5-10-19(15(2)12-14)24-21(26)20(30-22(24)29)13-18-4-3-11-23(18)16-6-8-17(9-7-16)25(27)28/h3-13H,1-2H3/b20-13+. The number of carbonyl (C=O) groups excluding carboxylic acids is 1. The van der Waals surface area contributed by atoms with Gasteiger partial charge in [0.05, 0.1) is 15.5 Å². The van der Waals surface area contributed by atoms with Crippen LogP contribution in [0.2, 0.25) is 0 Å². The molecule has 0 N–H and O–H groups in total. The fraction of sp³-hybridized carbons (Fsp3) is 0.0909. The van der Waals surface area contributed by atoms with Gasteiger partial charge in [-0.25, -0.2) is 0 Å². The van der Waals surface area contributed by atoms with E-state index in [-0.39, 0.29) is 11.6 Å². The maximum Gasteiger partial charge on any atom is 0.270 e. The second-order valence-electron chi connectivity index (χ2n) is 6.88. The number of amides is 1. The zero-order valence-electron chi connectivity index (χ0n) is 16.2. The molecule has 1 fully saturated rings. The molecular weight excluding hydrogens is 418 g/mol. The average Bonchev–Trinajstić information content (AvgIpc) is 3.27. The quantitative estimate of drug-likeness (QED) is 0.237. The van der Waals surface area contributed by atoms with Gasteiger partial charge in [-0.15, -0.1) is 0 Å². The zero-order chi connectivity index (χ0) is 21.4. The number of thiocarbonyl (C=S) groups is 1. The highest BCUT2D eigenvalue weighted by molar-refractivity contribution is 8.27. The van der Waals surface area contributed by atoms with Gasteiger partial charge in [0.1, 0.15) is 0 Å². The van der Waals surface area contributed by atoms with Gasteiger partial charge in [-0.05, 0) is 55.8 Å². The Morgan fingerprint density at radius 3 is 2.50 bits per heavy atom. The second-order valence-corrected chi connectivity index (χ2v) is 8.56. The molecule has 2 heterocycles. The molecule has 0 unspecified atom stereocenters. The van der Waals surface area contributed by atoms with Crippen molar-refractivity contribution in [3.63, 3.8) is 0 Å². The first-order valence-corrected chi connectivity index (χ1v) is 10.3. The fourth-order valence-electron chi connectivity index (χ4n) is 3.35. The number of benzene rings is 2. The number of nitro benzene ring substituents is 1. The second kappa shape index (κ2) is 7.89. The molecule has 4 rings (SSSR count). The van der Waals surface area contributed by atoms with Crippen LogP contribution in [0.15, 0.2) is 65.7 Å². The Kier molecular flexibility index (Phi) is 5.27. The number of aromatic nitrogens is 1. The normalized spacial score (nSPS) is 15.3. The Bertz CT molecular complexity index is 1210. The summed E-state index contributed by atoms with van der Waals surface area (Å²) in [5, 5.41) is 10.9. The minimum atomic E-state index is -0.432. The van der Waals surface area contributed by atoms with Gasteiger partial charge in [-0.2, -0.15) is 0 Å². The van der Waals surface area contributed by atoms with Gasteiger partial charge in [-0.3, -0.25) is 19.8 Å². The highest BCUT2D eigenvalue weighted by atomic mass is 32.2. The van der Waals surface area contributed by atoms with Crippen molar-refractivity contribution in [2.24, 2.45) is 0 Å². The Labute approximate surface area is 183 Å². The van der Waals surface area contributed by atoms with E-state index in [9.17, 15) is 14.9 Å². The third-order valence-corrected chi connectivity index (χ3v) is 6.09. The summed E-state index contributed by atoms with van der Waals surface area (Å²) in [5.74, 6) is -0.159. The molecule has 2 aromatic carbocycles. The monoisotopic (exact) mass is 435 g/mol. The fourth-order valence-corrected chi connectivity index (χ4v) is 4.62. The van der Waals surface area contributed by atoms with Gasteiger partial charge >= 0.3 is 0 Å². The third kappa shape index (κ3) is 3.67. The Morgan fingerprint density at radius 1 is 1.10 bits per heavy atom. The summed E-state index contributed by atoms with van der Waals surface area (Å²) in [4.78, 5) is 25.7. The molecule has 0 spiro atoms. The third-order valence-electron chi connectivity index (χ3n) is 4.78. The molecule has 1 saturated heterocycles. The van der Waals surface area contributed by atoms with E-state index in [0.717, 1.165) is 28.2 Å². The number of non-ortho nitro benzene ring substituents is 1. The van der Waals surface area contributed by atoms with E-state index >= 15 is 0 Å². The highest BCUT2D eigenvalue weighted by Crippen LogP contribution is 2.37. The molecule has 0 atom stereocenters. The molecule has 1 aliphatic heterocycles. The van der Waals surface area contributed by atoms with Crippen LogP contribution in [0.25, 0.3) is 11.8 Å². The zero-order valence-corrected chi connectivity index (χ0v) is 17.9. The maximum absolute atomic E-state index is 13.1. The molecule has 1 aliphatic rings. The Morgan fingerprint density at radius 2 is 1.83 bits per heavy atom. The van der Waals surface area contributed by atoms with E-state index in [1.807, 2.05) is 54.9 Å². The number of aryl methyl sites for hydroxylation is 2. The molecule has 30 heavy (non-hydrogen) atoms. The van der Waals surface area contributed by atoms with Crippen molar-refractivity contribution in [2.75, 3.05) is 4.90 Å². The summed E-state index contributed by atoms with van der Waals surface area (Å²) in [5.41, 5.74) is 4.48. The van der Waals surface area contributed by atoms with E-state index in [1.54, 1.807) is 23.1 Å². The predicted octanol–water partition coefficient (Wildman–Crippen LogP) is 5.41. The van der Waals surface area contributed by atoms with Crippen LogP contribution in [-0.4, -0.2) is 19.7 Å². The van der Waals surface area contributed by atoms with Crippen molar-refractivity contribution in [3.05, 3.63) is 92.6 Å². The van der Waals surface area contributed by atoms with Crippen molar-refractivity contribution in [2.45, 2.75) is 13.8 Å². The van der Waals surface area contributed by atoms with Crippen molar-refractivity contribution in [1.82, 2.24) is 4.57 Å². The van der Waals surface area contributed by atoms with E-state index < -0.39 is 4.92 Å². The lowest BCUT2D eigenvalue weighted by Crippen LogP contribution is -2.28. The molecule has 0 bridgehead atoms. The molecule has 1 aromatic heterocycles. The first kappa shape index (κ1) is 20.1. The average molecular weight is 436 g/mol. The molecule has 1 amide bonds. The molecule has 0 radical (unpaired) electrons. The highest BCUT2D eigenvalue weighted by Gasteiger charge is 2.34. The summed E-state index contributed by atoms with van der Waals surface area (Å²) in [6, 6.07) is 15.9. The van der Waals surface area contributed by atoms with Crippen molar-refractivity contribution >= 4 is 51.7 Å². The number of nitro groups is 1. The van der Waals surface area contributed by atoms with Crippen LogP contribution < -0.4 is 4.90 Å². The van der Waals surface area contributed by atoms with Crippen LogP contribution in [-0.2, 0) is 4.79 Å². The summed E-state index contributed by atoms with van der Waals surface area (Å²) in [6.07, 6.45) is 3.64. The Balaban J connectivity index is 1.67. The van der Waals surface area contributed by atoms with Crippen LogP contribution in [0.1, 0.15) is 16.8 Å². The number of anilines is 1. The van der Waals surface area contributed by atoms with E-state index in [2.05, 4.69) is 0 Å². The van der Waals surface area contributed by atoms with Crippen LogP contribution in [0.5, 0.6) is 0 Å². The van der Waals surface area contributed by atoms with Gasteiger partial charge < -0.3 is 4.57 Å². The summed E-state index contributed by atoms with van der Waals surface area (Å²) < 4.78 is 2.36. The molecule has 8 heteroatoms. The van der Waals surface area contributed by atoms with Crippen molar-refractivity contribution < 1.29 is 9.72 Å². The van der Waals surface area contributed by atoms with Crippen LogP contribution in [0.4, 0.5) is 11.4 Å². The van der Waals surface area contributed by atoms with E-state index in [1.165, 1.54) is 23.9 Å². The van der Waals surface area contributed by atoms with Gasteiger partial charge in [0.25, 0.3) is 11.6 Å². The minimum Gasteiger partial charge on any atom is -0.317 e.